The summed E-state index contributed by atoms with van der Waals surface area (Å²) < 4.78 is 43.4. The number of hydrogen-bond acceptors (Lipinski definition) is 3. The smallest absolute Gasteiger partial charge is 0.417 e. The van der Waals surface area contributed by atoms with Gasteiger partial charge in [-0.2, -0.15) is 13.2 Å². The fraction of sp³-hybridized carbons (Fsp3) is 0.467. The predicted octanol–water partition coefficient (Wildman–Crippen LogP) is 3.02. The molecule has 22 heavy (non-hydrogen) atoms. The van der Waals surface area contributed by atoms with Crippen molar-refractivity contribution in [3.63, 3.8) is 0 Å². The number of carbonyl (C=O) groups excluding carboxylic acids is 2. The van der Waals surface area contributed by atoms with E-state index in [0.717, 1.165) is 19.2 Å². The second-order valence-corrected chi connectivity index (χ2v) is 5.84. The number of halogens is 3. The molecule has 0 bridgehead atoms. The van der Waals surface area contributed by atoms with Crippen molar-refractivity contribution in [3.05, 3.63) is 35.4 Å². The second kappa shape index (κ2) is 6.37. The van der Waals surface area contributed by atoms with Crippen LogP contribution in [0.1, 0.15) is 36.7 Å². The zero-order chi connectivity index (χ0) is 17.1. The minimum atomic E-state index is -4.66. The third kappa shape index (κ3) is 4.22. The van der Waals surface area contributed by atoms with Crippen LogP contribution in [0.5, 0.6) is 0 Å². The highest BCUT2D eigenvalue weighted by Gasteiger charge is 2.38. The molecule has 1 aromatic rings. The number of methoxy groups -OCH3 is 1. The van der Waals surface area contributed by atoms with Crippen LogP contribution in [0, 0.1) is 5.41 Å². The molecule has 1 amide bonds. The second-order valence-electron chi connectivity index (χ2n) is 5.84. The van der Waals surface area contributed by atoms with Gasteiger partial charge in [0.1, 0.15) is 6.04 Å². The van der Waals surface area contributed by atoms with Crippen LogP contribution in [0.3, 0.4) is 0 Å². The molecule has 0 saturated carbocycles. The van der Waals surface area contributed by atoms with E-state index >= 15 is 0 Å². The lowest BCUT2D eigenvalue weighted by Gasteiger charge is -2.29. The maximum atomic E-state index is 12.9. The minimum Gasteiger partial charge on any atom is -0.467 e. The molecule has 1 aromatic carbocycles. The van der Waals surface area contributed by atoms with E-state index < -0.39 is 40.6 Å². The van der Waals surface area contributed by atoms with Gasteiger partial charge in [0.05, 0.1) is 18.2 Å². The van der Waals surface area contributed by atoms with Crippen LogP contribution in [0.4, 0.5) is 13.2 Å². The third-order valence-electron chi connectivity index (χ3n) is 3.06. The highest BCUT2D eigenvalue weighted by atomic mass is 19.4. The van der Waals surface area contributed by atoms with E-state index in [9.17, 15) is 22.8 Å². The van der Waals surface area contributed by atoms with Gasteiger partial charge in [0, 0.05) is 0 Å². The summed E-state index contributed by atoms with van der Waals surface area (Å²) in [5.41, 5.74) is -2.30. The van der Waals surface area contributed by atoms with E-state index in [-0.39, 0.29) is 0 Å². The molecule has 0 aliphatic heterocycles. The molecule has 0 aromatic heterocycles. The van der Waals surface area contributed by atoms with E-state index in [1.54, 1.807) is 20.8 Å². The van der Waals surface area contributed by atoms with Crippen LogP contribution in [0.15, 0.2) is 24.3 Å². The normalized spacial score (nSPS) is 13.4. The largest absolute Gasteiger partial charge is 0.467 e. The summed E-state index contributed by atoms with van der Waals surface area (Å²) in [4.78, 5) is 23.9. The van der Waals surface area contributed by atoms with E-state index in [1.807, 2.05) is 0 Å². The molecule has 7 heteroatoms. The fourth-order valence-corrected chi connectivity index (χ4v) is 1.88. The Bertz CT molecular complexity index is 562. The van der Waals surface area contributed by atoms with Crippen molar-refractivity contribution in [1.82, 2.24) is 5.32 Å². The maximum Gasteiger partial charge on any atom is 0.417 e. The molecule has 0 fully saturated rings. The lowest BCUT2D eigenvalue weighted by molar-refractivity contribution is -0.145. The molecule has 0 saturated heterocycles. The van der Waals surface area contributed by atoms with Crippen LogP contribution < -0.4 is 5.32 Å². The molecule has 4 nitrogen and oxygen atoms in total. The Balaban J connectivity index is 3.14. The summed E-state index contributed by atoms with van der Waals surface area (Å²) in [7, 11) is 1.15. The first-order valence-corrected chi connectivity index (χ1v) is 6.53. The Hall–Kier alpha value is -2.05. The van der Waals surface area contributed by atoms with E-state index in [2.05, 4.69) is 10.1 Å². The zero-order valence-corrected chi connectivity index (χ0v) is 12.7. The van der Waals surface area contributed by atoms with Crippen LogP contribution >= 0.6 is 0 Å². The van der Waals surface area contributed by atoms with E-state index in [0.29, 0.717) is 0 Å². The summed E-state index contributed by atoms with van der Waals surface area (Å²) in [6.07, 6.45) is -4.66. The lowest BCUT2D eigenvalue weighted by Crippen LogP contribution is -2.49. The van der Waals surface area contributed by atoms with Crippen molar-refractivity contribution >= 4 is 11.9 Å². The van der Waals surface area contributed by atoms with Gasteiger partial charge in [-0.15, -0.1) is 0 Å². The number of ether oxygens (including phenoxy) is 1. The van der Waals surface area contributed by atoms with E-state index in [1.165, 1.54) is 12.1 Å². The number of amides is 1. The standard InChI is InChI=1S/C15H18F3NO3/c1-14(2,3)11(13(21)22-4)19-12(20)9-7-5-6-8-10(9)15(16,17)18/h5-8,11H,1-4H3,(H,19,20). The average Bonchev–Trinajstić information content (AvgIpc) is 2.41. The molecule has 1 unspecified atom stereocenters. The molecular weight excluding hydrogens is 299 g/mol. The molecule has 1 atom stereocenters. The number of esters is 1. The van der Waals surface area contributed by atoms with Crippen molar-refractivity contribution in [3.8, 4) is 0 Å². The lowest BCUT2D eigenvalue weighted by atomic mass is 9.86. The molecule has 1 N–H and O–H groups in total. The van der Waals surface area contributed by atoms with Crippen molar-refractivity contribution in [1.29, 1.82) is 0 Å². The fourth-order valence-electron chi connectivity index (χ4n) is 1.88. The Morgan fingerprint density at radius 1 is 1.14 bits per heavy atom. The molecule has 1 rings (SSSR count). The summed E-state index contributed by atoms with van der Waals surface area (Å²) in [5.74, 6) is -1.69. The molecular formula is C15H18F3NO3. The Kier molecular flexibility index (Phi) is 5.22. The SMILES string of the molecule is COC(=O)C(NC(=O)c1ccccc1C(F)(F)F)C(C)(C)C. The van der Waals surface area contributed by atoms with Gasteiger partial charge in [-0.1, -0.05) is 32.9 Å². The Morgan fingerprint density at radius 2 is 1.68 bits per heavy atom. The molecule has 0 aliphatic rings. The Morgan fingerprint density at radius 3 is 2.14 bits per heavy atom. The first-order valence-electron chi connectivity index (χ1n) is 6.53. The average molecular weight is 317 g/mol. The van der Waals surface area contributed by atoms with E-state index in [4.69, 9.17) is 0 Å². The van der Waals surface area contributed by atoms with Crippen molar-refractivity contribution in [2.75, 3.05) is 7.11 Å². The van der Waals surface area contributed by atoms with Crippen LogP contribution in [0.25, 0.3) is 0 Å². The molecule has 0 radical (unpaired) electrons. The molecule has 122 valence electrons. The monoisotopic (exact) mass is 317 g/mol. The third-order valence-corrected chi connectivity index (χ3v) is 3.06. The van der Waals surface area contributed by atoms with Gasteiger partial charge in [0.2, 0.25) is 0 Å². The first kappa shape index (κ1) is 18.0. The minimum absolute atomic E-state index is 0.534. The highest BCUT2D eigenvalue weighted by Crippen LogP contribution is 2.32. The van der Waals surface area contributed by atoms with Crippen molar-refractivity contribution in [2.24, 2.45) is 5.41 Å². The number of rotatable bonds is 3. The number of carbonyl (C=O) groups is 2. The summed E-state index contributed by atoms with van der Waals surface area (Å²) in [6.45, 7) is 5.01. The first-order chi connectivity index (χ1) is 9.98. The van der Waals surface area contributed by atoms with Gasteiger partial charge in [-0.25, -0.2) is 4.79 Å². The number of nitrogens with one attached hydrogen (secondary N) is 1. The summed E-state index contributed by atoms with van der Waals surface area (Å²) >= 11 is 0. The number of hydrogen-bond donors (Lipinski definition) is 1. The van der Waals surface area contributed by atoms with Crippen LogP contribution in [0.2, 0.25) is 0 Å². The quantitative estimate of drug-likeness (QED) is 0.872. The van der Waals surface area contributed by atoms with Crippen molar-refractivity contribution in [2.45, 2.75) is 33.0 Å². The van der Waals surface area contributed by atoms with Crippen molar-refractivity contribution < 1.29 is 27.5 Å². The van der Waals surface area contributed by atoms with Gasteiger partial charge in [-0.05, 0) is 17.5 Å². The molecule has 0 aliphatic carbocycles. The summed E-state index contributed by atoms with van der Waals surface area (Å²) in [6, 6.07) is 3.34. The van der Waals surface area contributed by atoms with Gasteiger partial charge in [0.15, 0.2) is 0 Å². The Labute approximate surface area is 126 Å². The van der Waals surface area contributed by atoms with Gasteiger partial charge >= 0.3 is 12.1 Å². The number of benzene rings is 1. The topological polar surface area (TPSA) is 55.4 Å². The molecule has 0 spiro atoms. The van der Waals surface area contributed by atoms with Crippen LogP contribution in [-0.2, 0) is 15.7 Å². The van der Waals surface area contributed by atoms with Crippen LogP contribution in [-0.4, -0.2) is 25.0 Å². The predicted molar refractivity (Wildman–Crippen MR) is 74.2 cm³/mol. The maximum absolute atomic E-state index is 12.9. The number of alkyl halides is 3. The molecule has 0 heterocycles. The zero-order valence-electron chi connectivity index (χ0n) is 12.7. The van der Waals surface area contributed by atoms with Gasteiger partial charge in [-0.3, -0.25) is 4.79 Å². The highest BCUT2D eigenvalue weighted by molar-refractivity contribution is 5.98. The summed E-state index contributed by atoms with van der Waals surface area (Å²) in [5, 5.41) is 2.32. The van der Waals surface area contributed by atoms with Gasteiger partial charge in [0.25, 0.3) is 5.91 Å². The van der Waals surface area contributed by atoms with Gasteiger partial charge < -0.3 is 10.1 Å².